The maximum absolute atomic E-state index is 12.0. The van der Waals surface area contributed by atoms with Crippen LogP contribution in [0.25, 0.3) is 10.9 Å². The van der Waals surface area contributed by atoms with E-state index in [1.54, 1.807) is 12.3 Å². The van der Waals surface area contributed by atoms with Crippen molar-refractivity contribution in [1.82, 2.24) is 4.98 Å². The molecule has 5 nitrogen and oxygen atoms in total. The first-order chi connectivity index (χ1) is 11.2. The van der Waals surface area contributed by atoms with Crippen LogP contribution in [-0.4, -0.2) is 35.8 Å². The predicted molar refractivity (Wildman–Crippen MR) is 87.2 cm³/mol. The highest BCUT2D eigenvalue weighted by Gasteiger charge is 2.30. The summed E-state index contributed by atoms with van der Waals surface area (Å²) in [6.07, 6.45) is 3.64. The molecule has 1 saturated heterocycles. The van der Waals surface area contributed by atoms with Gasteiger partial charge in [-0.15, -0.1) is 0 Å². The number of pyridine rings is 1. The number of quaternary nitrogens is 1. The number of phenols is 1. The number of hydrogen-bond acceptors (Lipinski definition) is 4. The van der Waals surface area contributed by atoms with Crippen LogP contribution in [0.3, 0.4) is 0 Å². The Balaban J connectivity index is 1.77. The Kier molecular flexibility index (Phi) is 4.76. The Labute approximate surface area is 135 Å². The first-order valence-electron chi connectivity index (χ1n) is 8.24. The van der Waals surface area contributed by atoms with Gasteiger partial charge in [0.25, 0.3) is 0 Å². The third-order valence-corrected chi connectivity index (χ3v) is 4.52. The van der Waals surface area contributed by atoms with Gasteiger partial charge in [-0.1, -0.05) is 6.07 Å². The van der Waals surface area contributed by atoms with E-state index in [1.165, 1.54) is 4.90 Å². The number of benzene rings is 1. The van der Waals surface area contributed by atoms with E-state index in [2.05, 4.69) is 4.98 Å². The molecule has 2 N–H and O–H groups in total. The van der Waals surface area contributed by atoms with Crippen LogP contribution in [0, 0.1) is 5.92 Å². The molecule has 1 aliphatic heterocycles. The zero-order valence-corrected chi connectivity index (χ0v) is 13.4. The second-order valence-electron chi connectivity index (χ2n) is 6.12. The summed E-state index contributed by atoms with van der Waals surface area (Å²) in [5.74, 6) is 0.143. The highest BCUT2D eigenvalue weighted by atomic mass is 16.5. The Hall–Kier alpha value is -2.14. The van der Waals surface area contributed by atoms with Gasteiger partial charge in [-0.2, -0.15) is 0 Å². The van der Waals surface area contributed by atoms with E-state index in [0.29, 0.717) is 12.1 Å². The normalized spacial score (nSPS) is 21.3. The molecule has 0 bridgehead atoms. The van der Waals surface area contributed by atoms with Crippen LogP contribution in [0.15, 0.2) is 30.5 Å². The number of hydrogen-bond donors (Lipinski definition) is 2. The maximum Gasteiger partial charge on any atom is 0.314 e. The molecule has 0 radical (unpaired) electrons. The number of carbonyl (C=O) groups excluding carboxylic acids is 1. The summed E-state index contributed by atoms with van der Waals surface area (Å²) in [5.41, 5.74) is 1.80. The fourth-order valence-corrected chi connectivity index (χ4v) is 3.41. The van der Waals surface area contributed by atoms with Crippen molar-refractivity contribution in [2.45, 2.75) is 26.3 Å². The van der Waals surface area contributed by atoms with Gasteiger partial charge in [0, 0.05) is 17.1 Å². The first kappa shape index (κ1) is 15.7. The number of nitrogens with one attached hydrogen (secondary N) is 1. The van der Waals surface area contributed by atoms with Crippen LogP contribution in [0.1, 0.15) is 25.3 Å². The Morgan fingerprint density at radius 2 is 2.30 bits per heavy atom. The molecule has 1 fully saturated rings. The molecule has 1 aliphatic rings. The summed E-state index contributed by atoms with van der Waals surface area (Å²) >= 11 is 0. The molecule has 3 rings (SSSR count). The average molecular weight is 315 g/mol. The maximum atomic E-state index is 12.0. The van der Waals surface area contributed by atoms with Crippen LogP contribution in [0.4, 0.5) is 0 Å². The van der Waals surface area contributed by atoms with Gasteiger partial charge < -0.3 is 14.7 Å². The van der Waals surface area contributed by atoms with Crippen molar-refractivity contribution in [1.29, 1.82) is 0 Å². The molecule has 1 aromatic carbocycles. The van der Waals surface area contributed by atoms with Gasteiger partial charge in [0.1, 0.15) is 23.7 Å². The van der Waals surface area contributed by atoms with Gasteiger partial charge >= 0.3 is 5.97 Å². The summed E-state index contributed by atoms with van der Waals surface area (Å²) in [5, 5.41) is 10.9. The van der Waals surface area contributed by atoms with Crippen molar-refractivity contribution >= 4 is 16.9 Å². The molecule has 1 unspecified atom stereocenters. The Morgan fingerprint density at radius 3 is 3.13 bits per heavy atom. The number of rotatable bonds is 4. The quantitative estimate of drug-likeness (QED) is 0.835. The Bertz CT molecular complexity index is 702. The molecule has 0 spiro atoms. The van der Waals surface area contributed by atoms with E-state index < -0.39 is 0 Å². The number of nitrogens with zero attached hydrogens (tertiary/aromatic N) is 1. The van der Waals surface area contributed by atoms with Gasteiger partial charge in [0.15, 0.2) is 0 Å². The summed E-state index contributed by atoms with van der Waals surface area (Å²) < 4.78 is 5.17. The van der Waals surface area contributed by atoms with Gasteiger partial charge in [0.05, 0.1) is 19.7 Å². The molecular weight excluding hydrogens is 292 g/mol. The third-order valence-electron chi connectivity index (χ3n) is 4.52. The lowest BCUT2D eigenvalue weighted by molar-refractivity contribution is -0.921. The lowest BCUT2D eigenvalue weighted by Gasteiger charge is -2.29. The lowest BCUT2D eigenvalue weighted by Crippen LogP contribution is -3.12. The molecule has 1 aromatic heterocycles. The van der Waals surface area contributed by atoms with Crippen molar-refractivity contribution < 1.29 is 19.5 Å². The van der Waals surface area contributed by atoms with Gasteiger partial charge in [-0.3, -0.25) is 9.78 Å². The topological polar surface area (TPSA) is 63.9 Å². The lowest BCUT2D eigenvalue weighted by atomic mass is 9.97. The van der Waals surface area contributed by atoms with E-state index in [-0.39, 0.29) is 17.6 Å². The molecule has 0 amide bonds. The van der Waals surface area contributed by atoms with Crippen molar-refractivity contribution in [2.75, 3.05) is 19.7 Å². The zero-order valence-electron chi connectivity index (χ0n) is 13.4. The number of aromatic nitrogens is 1. The average Bonchev–Trinajstić information content (AvgIpc) is 2.58. The SMILES string of the molecule is CCOC(=O)[C@@H]1CCC[NH+](Cc2ccc(O)c3ncccc23)C1. The number of piperidine rings is 1. The number of aromatic hydroxyl groups is 1. The fraction of sp³-hybridized carbons (Fsp3) is 0.444. The van der Waals surface area contributed by atoms with Crippen LogP contribution >= 0.6 is 0 Å². The van der Waals surface area contributed by atoms with Gasteiger partial charge in [-0.05, 0) is 38.0 Å². The van der Waals surface area contributed by atoms with E-state index in [1.807, 2.05) is 25.1 Å². The molecular formula is C18H23N2O3+. The first-order valence-corrected chi connectivity index (χ1v) is 8.24. The standard InChI is InChI=1S/C18H22N2O3/c1-2-23-18(22)14-5-4-10-20(12-14)11-13-7-8-16(21)17-15(13)6-3-9-19-17/h3,6-9,14,21H,2,4-5,10-12H2,1H3/p+1/t14-/m1/s1. The monoisotopic (exact) mass is 315 g/mol. The number of fused-ring (bicyclic) bond motifs is 1. The minimum Gasteiger partial charge on any atom is -0.506 e. The molecule has 5 heteroatoms. The number of esters is 1. The molecule has 23 heavy (non-hydrogen) atoms. The molecule has 2 aromatic rings. The highest BCUT2D eigenvalue weighted by molar-refractivity contribution is 5.87. The van der Waals surface area contributed by atoms with Crippen LogP contribution in [0.5, 0.6) is 5.75 Å². The van der Waals surface area contributed by atoms with Crippen molar-refractivity contribution in [3.8, 4) is 5.75 Å². The zero-order chi connectivity index (χ0) is 16.2. The van der Waals surface area contributed by atoms with E-state index in [9.17, 15) is 9.90 Å². The molecule has 122 valence electrons. The number of likely N-dealkylation sites (tertiary alicyclic amines) is 1. The van der Waals surface area contributed by atoms with Crippen molar-refractivity contribution in [2.24, 2.45) is 5.92 Å². The van der Waals surface area contributed by atoms with Gasteiger partial charge in [0.2, 0.25) is 0 Å². The second kappa shape index (κ2) is 6.96. The van der Waals surface area contributed by atoms with Crippen LogP contribution in [-0.2, 0) is 16.1 Å². The van der Waals surface area contributed by atoms with E-state index >= 15 is 0 Å². The van der Waals surface area contributed by atoms with Gasteiger partial charge in [-0.25, -0.2) is 0 Å². The summed E-state index contributed by atoms with van der Waals surface area (Å²) in [7, 11) is 0. The van der Waals surface area contributed by atoms with Crippen LogP contribution in [0.2, 0.25) is 0 Å². The number of phenolic OH excluding ortho intramolecular Hbond substituents is 1. The fourth-order valence-electron chi connectivity index (χ4n) is 3.41. The number of ether oxygens (including phenoxy) is 1. The van der Waals surface area contributed by atoms with Crippen LogP contribution < -0.4 is 4.90 Å². The molecule has 0 aliphatic carbocycles. The predicted octanol–water partition coefficient (Wildman–Crippen LogP) is 1.30. The van der Waals surface area contributed by atoms with E-state index in [4.69, 9.17) is 4.74 Å². The molecule has 0 saturated carbocycles. The largest absolute Gasteiger partial charge is 0.506 e. The van der Waals surface area contributed by atoms with E-state index in [0.717, 1.165) is 43.4 Å². The van der Waals surface area contributed by atoms with Crippen molar-refractivity contribution in [3.05, 3.63) is 36.0 Å². The minimum atomic E-state index is -0.0677. The summed E-state index contributed by atoms with van der Waals surface area (Å²) in [6.45, 7) is 4.98. The summed E-state index contributed by atoms with van der Waals surface area (Å²) in [6, 6.07) is 7.54. The second-order valence-corrected chi connectivity index (χ2v) is 6.12. The summed E-state index contributed by atoms with van der Waals surface area (Å²) in [4.78, 5) is 17.6. The number of carbonyl (C=O) groups is 1. The third kappa shape index (κ3) is 3.45. The minimum absolute atomic E-state index is 0.000189. The molecule has 2 atom stereocenters. The Morgan fingerprint density at radius 1 is 1.43 bits per heavy atom. The van der Waals surface area contributed by atoms with Crippen molar-refractivity contribution in [3.63, 3.8) is 0 Å². The highest BCUT2D eigenvalue weighted by Crippen LogP contribution is 2.25. The smallest absolute Gasteiger partial charge is 0.314 e. The molecule has 2 heterocycles.